The van der Waals surface area contributed by atoms with Crippen molar-refractivity contribution in [3.63, 3.8) is 0 Å². The molecule has 0 unspecified atom stereocenters. The highest BCUT2D eigenvalue weighted by Gasteiger charge is 2.29. The Kier molecular flexibility index (Phi) is 4.31. The minimum atomic E-state index is 0.106. The van der Waals surface area contributed by atoms with Crippen molar-refractivity contribution in [1.82, 2.24) is 10.3 Å². The van der Waals surface area contributed by atoms with Crippen LogP contribution in [0.4, 0.5) is 0 Å². The number of benzene rings is 1. The van der Waals surface area contributed by atoms with Crippen LogP contribution in [0.25, 0.3) is 0 Å². The van der Waals surface area contributed by atoms with Crippen molar-refractivity contribution in [2.45, 2.75) is 25.1 Å². The third-order valence-corrected chi connectivity index (χ3v) is 3.86. The fourth-order valence-electron chi connectivity index (χ4n) is 2.53. The second-order valence-electron chi connectivity index (χ2n) is 4.97. The van der Waals surface area contributed by atoms with Gasteiger partial charge in [0.15, 0.2) is 0 Å². The van der Waals surface area contributed by atoms with Crippen molar-refractivity contribution in [3.05, 3.63) is 64.9 Å². The van der Waals surface area contributed by atoms with Gasteiger partial charge in [-0.2, -0.15) is 0 Å². The molecule has 20 heavy (non-hydrogen) atoms. The highest BCUT2D eigenvalue weighted by atomic mass is 35.5. The van der Waals surface area contributed by atoms with Gasteiger partial charge in [0.05, 0.1) is 6.10 Å². The maximum absolute atomic E-state index is 5.93. The zero-order valence-corrected chi connectivity index (χ0v) is 11.9. The quantitative estimate of drug-likeness (QED) is 0.937. The minimum absolute atomic E-state index is 0.106. The number of aromatic nitrogens is 1. The lowest BCUT2D eigenvalue weighted by Gasteiger charge is -2.20. The summed E-state index contributed by atoms with van der Waals surface area (Å²) in [4.78, 5) is 4.03. The van der Waals surface area contributed by atoms with Crippen LogP contribution in [0.5, 0.6) is 0 Å². The summed E-state index contributed by atoms with van der Waals surface area (Å²) >= 11 is 5.93. The molecule has 0 spiro atoms. The van der Waals surface area contributed by atoms with Gasteiger partial charge in [0.1, 0.15) is 0 Å². The maximum atomic E-state index is 5.93. The second kappa shape index (κ2) is 6.35. The van der Waals surface area contributed by atoms with Crippen LogP contribution < -0.4 is 5.32 Å². The van der Waals surface area contributed by atoms with Crippen molar-refractivity contribution in [1.29, 1.82) is 0 Å². The topological polar surface area (TPSA) is 34.1 Å². The van der Waals surface area contributed by atoms with Crippen molar-refractivity contribution < 1.29 is 4.74 Å². The SMILES string of the molecule is Clc1ccc([C@H]2OCC[C@@H]2NCc2ccncc2)cc1. The lowest BCUT2D eigenvalue weighted by molar-refractivity contribution is 0.0985. The smallest absolute Gasteiger partial charge is 0.0978 e. The van der Waals surface area contributed by atoms with Gasteiger partial charge in [-0.25, -0.2) is 0 Å². The van der Waals surface area contributed by atoms with Crippen LogP contribution >= 0.6 is 11.6 Å². The number of nitrogens with zero attached hydrogens (tertiary/aromatic N) is 1. The lowest BCUT2D eigenvalue weighted by Crippen LogP contribution is -2.31. The first-order valence-corrected chi connectivity index (χ1v) is 7.20. The molecule has 1 saturated heterocycles. The first-order chi connectivity index (χ1) is 9.83. The van der Waals surface area contributed by atoms with E-state index in [2.05, 4.69) is 10.3 Å². The second-order valence-corrected chi connectivity index (χ2v) is 5.41. The van der Waals surface area contributed by atoms with Gasteiger partial charge in [0.25, 0.3) is 0 Å². The summed E-state index contributed by atoms with van der Waals surface area (Å²) < 4.78 is 5.86. The van der Waals surface area contributed by atoms with Gasteiger partial charge in [-0.3, -0.25) is 4.98 Å². The molecule has 4 heteroatoms. The monoisotopic (exact) mass is 288 g/mol. The van der Waals surface area contributed by atoms with Crippen LogP contribution in [-0.2, 0) is 11.3 Å². The standard InChI is InChI=1S/C16H17ClN2O/c17-14-3-1-13(2-4-14)16-15(7-10-20-16)19-11-12-5-8-18-9-6-12/h1-6,8-9,15-16,19H,7,10-11H2/t15-,16+/m0/s1. The average Bonchev–Trinajstić information content (AvgIpc) is 2.95. The van der Waals surface area contributed by atoms with Crippen LogP contribution in [0.2, 0.25) is 5.02 Å². The molecule has 1 aromatic heterocycles. The summed E-state index contributed by atoms with van der Waals surface area (Å²) in [6, 6.07) is 12.3. The fourth-order valence-corrected chi connectivity index (χ4v) is 2.66. The van der Waals surface area contributed by atoms with Gasteiger partial charge < -0.3 is 10.1 Å². The van der Waals surface area contributed by atoms with Gasteiger partial charge in [0.2, 0.25) is 0 Å². The number of hydrogen-bond donors (Lipinski definition) is 1. The third-order valence-electron chi connectivity index (χ3n) is 3.61. The van der Waals surface area contributed by atoms with E-state index in [9.17, 15) is 0 Å². The molecular formula is C16H17ClN2O. The van der Waals surface area contributed by atoms with Crippen LogP contribution in [0.1, 0.15) is 23.7 Å². The summed E-state index contributed by atoms with van der Waals surface area (Å²) in [5.74, 6) is 0. The Morgan fingerprint density at radius 2 is 1.90 bits per heavy atom. The molecule has 2 aromatic rings. The Labute approximate surface area is 123 Å². The largest absolute Gasteiger partial charge is 0.372 e. The van der Waals surface area contributed by atoms with Gasteiger partial charge >= 0.3 is 0 Å². The fraction of sp³-hybridized carbons (Fsp3) is 0.312. The first-order valence-electron chi connectivity index (χ1n) is 6.82. The Bertz CT molecular complexity index is 544. The van der Waals surface area contributed by atoms with Crippen molar-refractivity contribution in [3.8, 4) is 0 Å². The van der Waals surface area contributed by atoms with Crippen molar-refractivity contribution in [2.75, 3.05) is 6.61 Å². The number of halogens is 1. The molecule has 0 amide bonds. The average molecular weight is 289 g/mol. The van der Waals surface area contributed by atoms with Crippen molar-refractivity contribution >= 4 is 11.6 Å². The van der Waals surface area contributed by atoms with Gasteiger partial charge in [-0.1, -0.05) is 23.7 Å². The van der Waals surface area contributed by atoms with Gasteiger partial charge in [-0.05, 0) is 41.8 Å². The Morgan fingerprint density at radius 3 is 2.65 bits per heavy atom. The van der Waals surface area contributed by atoms with Gasteiger partial charge in [0, 0.05) is 36.6 Å². The molecule has 0 aliphatic carbocycles. The summed E-state index contributed by atoms with van der Waals surface area (Å²) in [6.07, 6.45) is 4.77. The summed E-state index contributed by atoms with van der Waals surface area (Å²) in [5.41, 5.74) is 2.42. The zero-order valence-electron chi connectivity index (χ0n) is 11.1. The van der Waals surface area contributed by atoms with E-state index in [1.807, 2.05) is 48.8 Å². The van der Waals surface area contributed by atoms with E-state index in [-0.39, 0.29) is 6.10 Å². The number of nitrogens with one attached hydrogen (secondary N) is 1. The van der Waals surface area contributed by atoms with E-state index in [1.165, 1.54) is 11.1 Å². The van der Waals surface area contributed by atoms with Crippen LogP contribution in [-0.4, -0.2) is 17.6 Å². The first kappa shape index (κ1) is 13.6. The molecule has 0 radical (unpaired) electrons. The van der Waals surface area contributed by atoms with Crippen LogP contribution in [0.15, 0.2) is 48.8 Å². The molecule has 3 rings (SSSR count). The highest BCUT2D eigenvalue weighted by Crippen LogP contribution is 2.30. The normalized spacial score (nSPS) is 22.1. The third kappa shape index (κ3) is 3.18. The molecule has 1 aromatic carbocycles. The molecule has 104 valence electrons. The minimum Gasteiger partial charge on any atom is -0.372 e. The molecule has 0 bridgehead atoms. The Morgan fingerprint density at radius 1 is 1.15 bits per heavy atom. The molecule has 1 fully saturated rings. The summed E-state index contributed by atoms with van der Waals surface area (Å²) in [5, 5.41) is 4.33. The molecule has 2 atom stereocenters. The molecule has 0 saturated carbocycles. The zero-order chi connectivity index (χ0) is 13.8. The summed E-state index contributed by atoms with van der Waals surface area (Å²) in [6.45, 7) is 1.63. The molecular weight excluding hydrogens is 272 g/mol. The predicted molar refractivity (Wildman–Crippen MR) is 79.6 cm³/mol. The molecule has 3 nitrogen and oxygen atoms in total. The van der Waals surface area contributed by atoms with E-state index in [0.29, 0.717) is 6.04 Å². The predicted octanol–water partition coefficient (Wildman–Crippen LogP) is 3.35. The number of pyridine rings is 1. The molecule has 1 N–H and O–H groups in total. The van der Waals surface area contributed by atoms with E-state index in [0.717, 1.165) is 24.6 Å². The van der Waals surface area contributed by atoms with Crippen LogP contribution in [0, 0.1) is 0 Å². The Balaban J connectivity index is 1.65. The molecule has 1 aliphatic rings. The lowest BCUT2D eigenvalue weighted by atomic mass is 10.0. The highest BCUT2D eigenvalue weighted by molar-refractivity contribution is 6.30. The Hall–Kier alpha value is -1.42. The summed E-state index contributed by atoms with van der Waals surface area (Å²) in [7, 11) is 0. The maximum Gasteiger partial charge on any atom is 0.0978 e. The number of rotatable bonds is 4. The van der Waals surface area contributed by atoms with E-state index < -0.39 is 0 Å². The van der Waals surface area contributed by atoms with E-state index in [4.69, 9.17) is 16.3 Å². The van der Waals surface area contributed by atoms with E-state index >= 15 is 0 Å². The van der Waals surface area contributed by atoms with Crippen molar-refractivity contribution in [2.24, 2.45) is 0 Å². The number of ether oxygens (including phenoxy) is 1. The number of hydrogen-bond acceptors (Lipinski definition) is 3. The molecule has 1 aliphatic heterocycles. The van der Waals surface area contributed by atoms with E-state index in [1.54, 1.807) is 0 Å². The van der Waals surface area contributed by atoms with Crippen LogP contribution in [0.3, 0.4) is 0 Å². The molecule has 2 heterocycles. The van der Waals surface area contributed by atoms with Gasteiger partial charge in [-0.15, -0.1) is 0 Å².